The highest BCUT2D eigenvalue weighted by atomic mass is 16.5. The Balaban J connectivity index is 1.74. The number of carbonyl (C=O) groups excluding carboxylic acids is 1. The van der Waals surface area contributed by atoms with Crippen molar-refractivity contribution in [3.8, 4) is 39.7 Å². The molecule has 0 amide bonds. The fourth-order valence-corrected chi connectivity index (χ4v) is 3.97. The van der Waals surface area contributed by atoms with E-state index in [9.17, 15) is 4.79 Å². The standard InChI is InChI=1S/C28H30N2O5/c1-28(2,29)11-9-22(31)18-8-6-7-17(13-18)20-10-12-30-21-16-23(35-26(20)21)19-14-24(32-3)27(34-5)25(15-19)33-4/h6-8,10,12-16H,9,11,29H2,1-5H3. The molecule has 0 spiro atoms. The second kappa shape index (κ2) is 9.80. The molecule has 2 aromatic heterocycles. The zero-order valence-electron chi connectivity index (χ0n) is 20.7. The lowest BCUT2D eigenvalue weighted by atomic mass is 9.94. The number of furan rings is 1. The molecule has 0 aliphatic rings. The monoisotopic (exact) mass is 474 g/mol. The number of fused-ring (bicyclic) bond motifs is 1. The van der Waals surface area contributed by atoms with E-state index in [1.165, 1.54) is 0 Å². The van der Waals surface area contributed by atoms with Crippen molar-refractivity contribution in [1.82, 2.24) is 4.98 Å². The number of methoxy groups -OCH3 is 3. The van der Waals surface area contributed by atoms with E-state index in [4.69, 9.17) is 24.4 Å². The van der Waals surface area contributed by atoms with Crippen LogP contribution in [0.5, 0.6) is 17.2 Å². The van der Waals surface area contributed by atoms with E-state index in [-0.39, 0.29) is 11.3 Å². The fourth-order valence-electron chi connectivity index (χ4n) is 3.97. The number of benzene rings is 2. The zero-order valence-corrected chi connectivity index (χ0v) is 20.7. The van der Waals surface area contributed by atoms with Crippen molar-refractivity contribution in [3.63, 3.8) is 0 Å². The van der Waals surface area contributed by atoms with Crippen molar-refractivity contribution in [1.29, 1.82) is 0 Å². The molecule has 7 nitrogen and oxygen atoms in total. The van der Waals surface area contributed by atoms with Crippen molar-refractivity contribution in [2.45, 2.75) is 32.2 Å². The first-order chi connectivity index (χ1) is 16.7. The van der Waals surface area contributed by atoms with Gasteiger partial charge in [-0.2, -0.15) is 0 Å². The maximum Gasteiger partial charge on any atom is 0.203 e. The molecule has 35 heavy (non-hydrogen) atoms. The van der Waals surface area contributed by atoms with E-state index >= 15 is 0 Å². The van der Waals surface area contributed by atoms with Crippen LogP contribution in [-0.2, 0) is 0 Å². The van der Waals surface area contributed by atoms with Crippen molar-refractivity contribution >= 4 is 16.9 Å². The van der Waals surface area contributed by atoms with Crippen LogP contribution in [-0.4, -0.2) is 37.6 Å². The number of rotatable bonds is 9. The summed E-state index contributed by atoms with van der Waals surface area (Å²) in [4.78, 5) is 17.3. The zero-order chi connectivity index (χ0) is 25.2. The van der Waals surface area contributed by atoms with E-state index in [0.29, 0.717) is 52.5 Å². The number of aromatic nitrogens is 1. The van der Waals surface area contributed by atoms with Gasteiger partial charge in [0.25, 0.3) is 0 Å². The summed E-state index contributed by atoms with van der Waals surface area (Å²) >= 11 is 0. The van der Waals surface area contributed by atoms with Gasteiger partial charge in [0.05, 0.1) is 21.3 Å². The second-order valence-corrected chi connectivity index (χ2v) is 9.09. The lowest BCUT2D eigenvalue weighted by Gasteiger charge is -2.17. The summed E-state index contributed by atoms with van der Waals surface area (Å²) < 4.78 is 22.7. The van der Waals surface area contributed by atoms with Crippen LogP contribution >= 0.6 is 0 Å². The second-order valence-electron chi connectivity index (χ2n) is 9.09. The number of nitrogens with zero attached hydrogens (tertiary/aromatic N) is 1. The van der Waals surface area contributed by atoms with Crippen molar-refractivity contribution in [3.05, 3.63) is 60.3 Å². The molecule has 0 aliphatic carbocycles. The molecule has 2 aromatic carbocycles. The largest absolute Gasteiger partial charge is 0.493 e. The van der Waals surface area contributed by atoms with E-state index < -0.39 is 0 Å². The van der Waals surface area contributed by atoms with Crippen LogP contribution in [0.4, 0.5) is 0 Å². The number of ether oxygens (including phenoxy) is 3. The average molecular weight is 475 g/mol. The summed E-state index contributed by atoms with van der Waals surface area (Å²) in [5.74, 6) is 2.24. The Kier molecular flexibility index (Phi) is 6.80. The predicted molar refractivity (Wildman–Crippen MR) is 136 cm³/mol. The summed E-state index contributed by atoms with van der Waals surface area (Å²) in [6.07, 6.45) is 2.74. The lowest BCUT2D eigenvalue weighted by Crippen LogP contribution is -2.32. The normalized spacial score (nSPS) is 11.5. The molecule has 0 atom stereocenters. The molecule has 0 radical (unpaired) electrons. The molecule has 0 saturated carbocycles. The highest BCUT2D eigenvalue weighted by molar-refractivity contribution is 5.99. The van der Waals surface area contributed by atoms with Gasteiger partial charge in [-0.05, 0) is 50.1 Å². The van der Waals surface area contributed by atoms with Crippen molar-refractivity contribution in [2.75, 3.05) is 21.3 Å². The minimum atomic E-state index is -0.387. The van der Waals surface area contributed by atoms with Gasteiger partial charge in [0.1, 0.15) is 11.3 Å². The van der Waals surface area contributed by atoms with Gasteiger partial charge in [0.15, 0.2) is 22.9 Å². The molecular formula is C28H30N2O5. The smallest absolute Gasteiger partial charge is 0.203 e. The molecule has 182 valence electrons. The molecule has 2 N–H and O–H groups in total. The van der Waals surface area contributed by atoms with Crippen LogP contribution in [0.15, 0.2) is 59.1 Å². The van der Waals surface area contributed by atoms with Gasteiger partial charge in [-0.3, -0.25) is 9.78 Å². The Morgan fingerprint density at radius 2 is 1.69 bits per heavy atom. The van der Waals surface area contributed by atoms with Crippen LogP contribution in [0, 0.1) is 0 Å². The average Bonchev–Trinajstić information content (AvgIpc) is 3.30. The van der Waals surface area contributed by atoms with Crippen molar-refractivity contribution < 1.29 is 23.4 Å². The SMILES string of the molecule is COc1cc(-c2cc3nccc(-c4cccc(C(=O)CCC(C)(C)N)c4)c3o2)cc(OC)c1OC. The minimum Gasteiger partial charge on any atom is -0.493 e. The third-order valence-corrected chi connectivity index (χ3v) is 5.85. The molecule has 4 aromatic rings. The summed E-state index contributed by atoms with van der Waals surface area (Å²) in [6.45, 7) is 3.85. The topological polar surface area (TPSA) is 96.8 Å². The number of hydrogen-bond acceptors (Lipinski definition) is 7. The fraction of sp³-hybridized carbons (Fsp3) is 0.286. The molecule has 0 unspecified atom stereocenters. The van der Waals surface area contributed by atoms with Crippen LogP contribution in [0.2, 0.25) is 0 Å². The van der Waals surface area contributed by atoms with Crippen LogP contribution in [0.3, 0.4) is 0 Å². The lowest BCUT2D eigenvalue weighted by molar-refractivity contribution is 0.0972. The number of carbonyl (C=O) groups is 1. The van der Waals surface area contributed by atoms with Gasteiger partial charge in [-0.25, -0.2) is 0 Å². The molecular weight excluding hydrogens is 444 g/mol. The predicted octanol–water partition coefficient (Wildman–Crippen LogP) is 5.89. The molecule has 0 fully saturated rings. The maximum atomic E-state index is 12.8. The molecule has 2 heterocycles. The van der Waals surface area contributed by atoms with Gasteiger partial charge in [-0.1, -0.05) is 18.2 Å². The molecule has 7 heteroatoms. The maximum absolute atomic E-state index is 12.8. The summed E-state index contributed by atoms with van der Waals surface area (Å²) in [5, 5.41) is 0. The first kappa shape index (κ1) is 24.3. The van der Waals surface area contributed by atoms with E-state index in [1.807, 2.05) is 62.4 Å². The molecule has 0 aliphatic heterocycles. The quantitative estimate of drug-likeness (QED) is 0.302. The Morgan fingerprint density at radius 3 is 2.31 bits per heavy atom. The third kappa shape index (κ3) is 5.15. The van der Waals surface area contributed by atoms with Crippen LogP contribution < -0.4 is 19.9 Å². The highest BCUT2D eigenvalue weighted by Gasteiger charge is 2.19. The Morgan fingerprint density at radius 1 is 0.971 bits per heavy atom. The van der Waals surface area contributed by atoms with Crippen LogP contribution in [0.1, 0.15) is 37.0 Å². The van der Waals surface area contributed by atoms with Crippen LogP contribution in [0.25, 0.3) is 33.6 Å². The van der Waals surface area contributed by atoms with Gasteiger partial charge in [-0.15, -0.1) is 0 Å². The van der Waals surface area contributed by atoms with E-state index in [2.05, 4.69) is 4.98 Å². The summed E-state index contributed by atoms with van der Waals surface area (Å²) in [7, 11) is 4.71. The first-order valence-corrected chi connectivity index (χ1v) is 11.4. The third-order valence-electron chi connectivity index (χ3n) is 5.85. The molecule has 4 rings (SSSR count). The highest BCUT2D eigenvalue weighted by Crippen LogP contribution is 2.42. The Labute approximate surface area is 204 Å². The molecule has 0 saturated heterocycles. The number of nitrogens with two attached hydrogens (primary N) is 1. The summed E-state index contributed by atoms with van der Waals surface area (Å²) in [6, 6.07) is 15.0. The Hall–Kier alpha value is -3.84. The van der Waals surface area contributed by atoms with Gasteiger partial charge in [0, 0.05) is 40.9 Å². The van der Waals surface area contributed by atoms with E-state index in [1.54, 1.807) is 27.5 Å². The van der Waals surface area contributed by atoms with E-state index in [0.717, 1.165) is 16.7 Å². The van der Waals surface area contributed by atoms with Gasteiger partial charge in [0.2, 0.25) is 5.75 Å². The number of pyridine rings is 1. The number of ketones is 1. The van der Waals surface area contributed by atoms with Gasteiger partial charge >= 0.3 is 0 Å². The number of Topliss-reactive ketones (excluding diaryl/α,β-unsaturated/α-hetero) is 1. The van der Waals surface area contributed by atoms with Gasteiger partial charge < -0.3 is 24.4 Å². The molecule has 0 bridgehead atoms. The Bertz CT molecular complexity index is 1340. The number of hydrogen-bond donors (Lipinski definition) is 1. The first-order valence-electron chi connectivity index (χ1n) is 11.4. The minimum absolute atomic E-state index is 0.0632. The van der Waals surface area contributed by atoms with Crippen molar-refractivity contribution in [2.24, 2.45) is 5.73 Å². The summed E-state index contributed by atoms with van der Waals surface area (Å²) in [5.41, 5.74) is 10.1.